The molecule has 0 spiro atoms. The lowest BCUT2D eigenvalue weighted by molar-refractivity contribution is -0.135. The lowest BCUT2D eigenvalue weighted by Gasteiger charge is -2.33. The zero-order valence-corrected chi connectivity index (χ0v) is 14.5. The van der Waals surface area contributed by atoms with Crippen molar-refractivity contribution >= 4 is 27.7 Å². The Kier molecular flexibility index (Phi) is 4.99. The summed E-state index contributed by atoms with van der Waals surface area (Å²) in [5.74, 6) is -0.335. The molecular weight excluding hydrogens is 363 g/mol. The first-order valence-corrected chi connectivity index (χ1v) is 8.88. The van der Waals surface area contributed by atoms with E-state index in [0.717, 1.165) is 25.9 Å². The van der Waals surface area contributed by atoms with Crippen LogP contribution in [0.5, 0.6) is 0 Å². The average Bonchev–Trinajstić information content (AvgIpc) is 3.07. The lowest BCUT2D eigenvalue weighted by Crippen LogP contribution is -2.43. The molecule has 1 aromatic carbocycles. The summed E-state index contributed by atoms with van der Waals surface area (Å²) < 4.78 is 14.0. The number of nitrogens with zero attached hydrogens (tertiary/aromatic N) is 2. The second-order valence-electron chi connectivity index (χ2n) is 6.26. The van der Waals surface area contributed by atoms with E-state index in [1.165, 1.54) is 12.1 Å². The van der Waals surface area contributed by atoms with Gasteiger partial charge in [-0.15, -0.1) is 0 Å². The molecule has 1 aromatic rings. The number of rotatable bonds is 2. The van der Waals surface area contributed by atoms with Crippen molar-refractivity contribution in [3.63, 3.8) is 0 Å². The molecule has 0 saturated carbocycles. The maximum atomic E-state index is 13.4. The first-order chi connectivity index (χ1) is 11.0. The Bertz CT molecular complexity index is 588. The number of carbonyl (C=O) groups is 2. The maximum Gasteiger partial charge on any atom is 0.253 e. The Morgan fingerprint density at radius 3 is 2.26 bits per heavy atom. The van der Waals surface area contributed by atoms with Gasteiger partial charge in [-0.05, 0) is 43.9 Å². The summed E-state index contributed by atoms with van der Waals surface area (Å²) in [7, 11) is 0. The number of carbonyl (C=O) groups excluding carboxylic acids is 2. The highest BCUT2D eigenvalue weighted by molar-refractivity contribution is 9.10. The number of piperidine rings is 1. The summed E-state index contributed by atoms with van der Waals surface area (Å²) in [6, 6.07) is 4.22. The van der Waals surface area contributed by atoms with Gasteiger partial charge >= 0.3 is 0 Å². The van der Waals surface area contributed by atoms with Crippen LogP contribution in [0.3, 0.4) is 0 Å². The van der Waals surface area contributed by atoms with E-state index in [0.29, 0.717) is 36.0 Å². The fraction of sp³-hybridized carbons (Fsp3) is 0.529. The highest BCUT2D eigenvalue weighted by Gasteiger charge is 2.31. The van der Waals surface area contributed by atoms with Gasteiger partial charge in [0.05, 0.1) is 0 Å². The fourth-order valence-electron chi connectivity index (χ4n) is 3.39. The minimum absolute atomic E-state index is 0.0244. The van der Waals surface area contributed by atoms with Crippen LogP contribution in [0.25, 0.3) is 0 Å². The predicted molar refractivity (Wildman–Crippen MR) is 88.5 cm³/mol. The zero-order chi connectivity index (χ0) is 16.4. The first-order valence-electron chi connectivity index (χ1n) is 8.09. The van der Waals surface area contributed by atoms with Crippen LogP contribution in [0.4, 0.5) is 4.39 Å². The van der Waals surface area contributed by atoms with Crippen molar-refractivity contribution in [1.82, 2.24) is 9.80 Å². The molecule has 4 nitrogen and oxygen atoms in total. The Labute approximate surface area is 143 Å². The zero-order valence-electron chi connectivity index (χ0n) is 12.9. The second kappa shape index (κ2) is 6.99. The average molecular weight is 383 g/mol. The number of hydrogen-bond acceptors (Lipinski definition) is 2. The van der Waals surface area contributed by atoms with E-state index >= 15 is 0 Å². The molecule has 2 aliphatic heterocycles. The molecule has 0 bridgehead atoms. The summed E-state index contributed by atoms with van der Waals surface area (Å²) in [5, 5.41) is 0. The molecule has 0 N–H and O–H groups in total. The molecule has 0 unspecified atom stereocenters. The van der Waals surface area contributed by atoms with Gasteiger partial charge < -0.3 is 9.80 Å². The predicted octanol–water partition coefficient (Wildman–Crippen LogP) is 3.06. The highest BCUT2D eigenvalue weighted by atomic mass is 79.9. The standard InChI is InChI=1S/C17H20BrFN2O2/c18-14-9-13(10-15(19)11-14)17(23)21-7-3-12(4-8-21)16(22)20-5-1-2-6-20/h9-12H,1-8H2. The van der Waals surface area contributed by atoms with Crippen LogP contribution in [0, 0.1) is 11.7 Å². The topological polar surface area (TPSA) is 40.6 Å². The molecule has 2 fully saturated rings. The molecule has 0 atom stereocenters. The van der Waals surface area contributed by atoms with Gasteiger partial charge in [0, 0.05) is 42.1 Å². The Morgan fingerprint density at radius 2 is 1.65 bits per heavy atom. The third-order valence-electron chi connectivity index (χ3n) is 4.66. The minimum Gasteiger partial charge on any atom is -0.342 e. The van der Waals surface area contributed by atoms with Gasteiger partial charge in [-0.25, -0.2) is 4.39 Å². The van der Waals surface area contributed by atoms with Crippen LogP contribution in [0.15, 0.2) is 22.7 Å². The van der Waals surface area contributed by atoms with Crippen molar-refractivity contribution in [2.24, 2.45) is 5.92 Å². The lowest BCUT2D eigenvalue weighted by atomic mass is 9.95. The van der Waals surface area contributed by atoms with Crippen LogP contribution in [0.1, 0.15) is 36.0 Å². The molecule has 0 aliphatic carbocycles. The Morgan fingerprint density at radius 1 is 1.00 bits per heavy atom. The molecule has 2 heterocycles. The van der Waals surface area contributed by atoms with Crippen molar-refractivity contribution in [3.8, 4) is 0 Å². The maximum absolute atomic E-state index is 13.4. The van der Waals surface area contributed by atoms with Gasteiger partial charge in [0.25, 0.3) is 5.91 Å². The van der Waals surface area contributed by atoms with Gasteiger partial charge in [0.1, 0.15) is 5.82 Å². The Balaban J connectivity index is 1.59. The van der Waals surface area contributed by atoms with E-state index in [-0.39, 0.29) is 17.7 Å². The van der Waals surface area contributed by atoms with E-state index in [1.54, 1.807) is 11.0 Å². The summed E-state index contributed by atoms with van der Waals surface area (Å²) in [5.41, 5.74) is 0.348. The second-order valence-corrected chi connectivity index (χ2v) is 7.17. The largest absolute Gasteiger partial charge is 0.342 e. The van der Waals surface area contributed by atoms with E-state index in [4.69, 9.17) is 0 Å². The molecule has 23 heavy (non-hydrogen) atoms. The molecular formula is C17H20BrFN2O2. The van der Waals surface area contributed by atoms with Gasteiger partial charge in [0.2, 0.25) is 5.91 Å². The number of halogens is 2. The molecule has 2 aliphatic rings. The molecule has 124 valence electrons. The molecule has 2 saturated heterocycles. The summed E-state index contributed by atoms with van der Waals surface area (Å²) in [4.78, 5) is 28.6. The Hall–Kier alpha value is -1.43. The van der Waals surface area contributed by atoms with E-state index in [2.05, 4.69) is 15.9 Å². The van der Waals surface area contributed by atoms with Crippen LogP contribution in [-0.2, 0) is 4.79 Å². The fourth-order valence-corrected chi connectivity index (χ4v) is 3.85. The molecule has 0 radical (unpaired) electrons. The molecule has 0 aromatic heterocycles. The third kappa shape index (κ3) is 3.74. The smallest absolute Gasteiger partial charge is 0.253 e. The van der Waals surface area contributed by atoms with Crippen molar-refractivity contribution in [2.75, 3.05) is 26.2 Å². The molecule has 2 amide bonds. The SMILES string of the molecule is O=C(c1cc(F)cc(Br)c1)N1CCC(C(=O)N2CCCC2)CC1. The van der Waals surface area contributed by atoms with Gasteiger partial charge in [-0.1, -0.05) is 15.9 Å². The van der Waals surface area contributed by atoms with Crippen LogP contribution >= 0.6 is 15.9 Å². The monoisotopic (exact) mass is 382 g/mol. The molecule has 3 rings (SSSR count). The summed E-state index contributed by atoms with van der Waals surface area (Å²) >= 11 is 3.21. The number of hydrogen-bond donors (Lipinski definition) is 0. The highest BCUT2D eigenvalue weighted by Crippen LogP contribution is 2.24. The minimum atomic E-state index is -0.429. The number of amides is 2. The van der Waals surface area contributed by atoms with Crippen molar-refractivity contribution in [3.05, 3.63) is 34.1 Å². The van der Waals surface area contributed by atoms with Crippen molar-refractivity contribution in [2.45, 2.75) is 25.7 Å². The van der Waals surface area contributed by atoms with Gasteiger partial charge in [-0.3, -0.25) is 9.59 Å². The third-order valence-corrected chi connectivity index (χ3v) is 5.12. The van der Waals surface area contributed by atoms with Crippen molar-refractivity contribution < 1.29 is 14.0 Å². The summed E-state index contributed by atoms with van der Waals surface area (Å²) in [6.45, 7) is 2.85. The number of likely N-dealkylation sites (tertiary alicyclic amines) is 2. The van der Waals surface area contributed by atoms with Gasteiger partial charge in [-0.2, -0.15) is 0 Å². The summed E-state index contributed by atoms with van der Waals surface area (Å²) in [6.07, 6.45) is 3.57. The van der Waals surface area contributed by atoms with Crippen LogP contribution < -0.4 is 0 Å². The normalized spacial score (nSPS) is 19.2. The molecule has 6 heteroatoms. The van der Waals surface area contributed by atoms with Crippen LogP contribution in [-0.4, -0.2) is 47.8 Å². The quantitative estimate of drug-likeness (QED) is 0.788. The first kappa shape index (κ1) is 16.4. The van der Waals surface area contributed by atoms with E-state index < -0.39 is 5.82 Å². The van der Waals surface area contributed by atoms with Crippen molar-refractivity contribution in [1.29, 1.82) is 0 Å². The van der Waals surface area contributed by atoms with Crippen LogP contribution in [0.2, 0.25) is 0 Å². The van der Waals surface area contributed by atoms with E-state index in [9.17, 15) is 14.0 Å². The number of benzene rings is 1. The van der Waals surface area contributed by atoms with Gasteiger partial charge in [0.15, 0.2) is 0 Å². The van der Waals surface area contributed by atoms with E-state index in [1.807, 2.05) is 4.90 Å².